The van der Waals surface area contributed by atoms with Crippen molar-refractivity contribution >= 4 is 28.4 Å². The molecule has 1 aromatic carbocycles. The van der Waals surface area contributed by atoms with Crippen LogP contribution in [0, 0.1) is 0 Å². The number of allylic oxidation sites excluding steroid dienone is 1. The van der Waals surface area contributed by atoms with Crippen molar-refractivity contribution < 1.29 is 41.5 Å². The van der Waals surface area contributed by atoms with E-state index in [2.05, 4.69) is 16.3 Å². The van der Waals surface area contributed by atoms with Crippen LogP contribution in [0.5, 0.6) is 17.2 Å². The third-order valence-electron chi connectivity index (χ3n) is 7.08. The second-order valence-corrected chi connectivity index (χ2v) is 13.7. The van der Waals surface area contributed by atoms with Crippen molar-refractivity contribution in [3.8, 4) is 17.2 Å². The summed E-state index contributed by atoms with van der Waals surface area (Å²) in [7, 11) is -0.255. The lowest BCUT2D eigenvalue weighted by molar-refractivity contribution is -0.270. The standard InChI is InChI=1S/C30H38ClF3N2O6S/c1-7-9-13-28(36-43(39)27(3,4)5)18-42-25-20(28)17-24(35-26(25)31)29(38,30(32,33)34)14-12-21(37)19-10-11-22(41-15-8-2)23(16-19)40-6/h7,10-11,16-17,36,38H,1,8-9,12-15,18H2,2-6H3. The number of alkyl halides is 3. The number of pyridine rings is 1. The Labute approximate surface area is 257 Å². The number of Topliss-reactive ketones (excluding diaryl/α,β-unsaturated/α-hetero) is 1. The van der Waals surface area contributed by atoms with Crippen molar-refractivity contribution in [2.24, 2.45) is 0 Å². The average molecular weight is 647 g/mol. The van der Waals surface area contributed by atoms with E-state index in [1.54, 1.807) is 26.8 Å². The minimum atomic E-state index is -5.22. The number of carbonyl (C=O) groups excluding carboxylic acids is 1. The molecule has 0 radical (unpaired) electrons. The predicted molar refractivity (Wildman–Crippen MR) is 159 cm³/mol. The number of methoxy groups -OCH3 is 1. The number of nitrogens with one attached hydrogen (secondary N) is 1. The number of fused-ring (bicyclic) bond motifs is 1. The van der Waals surface area contributed by atoms with Crippen LogP contribution < -0.4 is 18.9 Å². The van der Waals surface area contributed by atoms with Gasteiger partial charge in [0.1, 0.15) is 6.61 Å². The lowest BCUT2D eigenvalue weighted by atomic mass is 9.84. The summed E-state index contributed by atoms with van der Waals surface area (Å²) in [6, 6.07) is 5.40. The highest BCUT2D eigenvalue weighted by molar-refractivity contribution is 7.84. The van der Waals surface area contributed by atoms with E-state index in [1.165, 1.54) is 25.3 Å². The van der Waals surface area contributed by atoms with E-state index in [0.717, 1.165) is 12.5 Å². The van der Waals surface area contributed by atoms with E-state index in [0.29, 0.717) is 18.8 Å². The predicted octanol–water partition coefficient (Wildman–Crippen LogP) is 6.55. The minimum Gasteiger partial charge on any atom is -0.493 e. The highest BCUT2D eigenvalue weighted by Gasteiger charge is 2.57. The molecule has 1 aliphatic rings. The number of halogens is 4. The fraction of sp³-hybridized carbons (Fsp3) is 0.533. The van der Waals surface area contributed by atoms with Gasteiger partial charge in [-0.15, -0.1) is 6.58 Å². The molecule has 3 unspecified atom stereocenters. The van der Waals surface area contributed by atoms with Crippen LogP contribution in [0.15, 0.2) is 36.9 Å². The van der Waals surface area contributed by atoms with Crippen molar-refractivity contribution in [1.29, 1.82) is 0 Å². The number of benzene rings is 1. The third kappa shape index (κ3) is 7.53. The van der Waals surface area contributed by atoms with Crippen molar-refractivity contribution in [2.45, 2.75) is 81.9 Å². The molecule has 238 valence electrons. The van der Waals surface area contributed by atoms with Gasteiger partial charge in [0.05, 0.1) is 40.7 Å². The number of ether oxygens (including phenoxy) is 3. The highest BCUT2D eigenvalue weighted by atomic mass is 35.5. The molecule has 13 heteroatoms. The van der Waals surface area contributed by atoms with E-state index in [9.17, 15) is 27.3 Å². The van der Waals surface area contributed by atoms with Crippen LogP contribution in [0.25, 0.3) is 0 Å². The number of carbonyl (C=O) groups is 1. The second kappa shape index (κ2) is 13.5. The van der Waals surface area contributed by atoms with Crippen LogP contribution >= 0.6 is 11.6 Å². The zero-order chi connectivity index (χ0) is 32.2. The Kier molecular flexibility index (Phi) is 11.0. The summed E-state index contributed by atoms with van der Waals surface area (Å²) >= 11 is 6.33. The molecular formula is C30H38ClF3N2O6S. The van der Waals surface area contributed by atoms with Crippen LogP contribution in [0.4, 0.5) is 13.2 Å². The normalized spacial score (nSPS) is 18.7. The zero-order valence-corrected chi connectivity index (χ0v) is 26.5. The first-order chi connectivity index (χ1) is 20.0. The smallest absolute Gasteiger partial charge is 0.422 e. The Balaban J connectivity index is 2.01. The molecule has 1 aliphatic heterocycles. The molecule has 2 aromatic rings. The Bertz CT molecular complexity index is 1370. The van der Waals surface area contributed by atoms with Crippen molar-refractivity contribution in [2.75, 3.05) is 20.3 Å². The van der Waals surface area contributed by atoms with Crippen molar-refractivity contribution in [3.63, 3.8) is 0 Å². The third-order valence-corrected chi connectivity index (χ3v) is 9.03. The number of aliphatic hydroxyl groups is 1. The summed E-state index contributed by atoms with van der Waals surface area (Å²) in [5.74, 6) is 0.0356. The van der Waals surface area contributed by atoms with Gasteiger partial charge in [-0.25, -0.2) is 13.9 Å². The largest absolute Gasteiger partial charge is 0.493 e. The highest BCUT2D eigenvalue weighted by Crippen LogP contribution is 2.49. The Morgan fingerprint density at radius 1 is 1.28 bits per heavy atom. The minimum absolute atomic E-state index is 0.0333. The van der Waals surface area contributed by atoms with Crippen LogP contribution in [0.2, 0.25) is 5.15 Å². The monoisotopic (exact) mass is 646 g/mol. The molecule has 0 spiro atoms. The lowest BCUT2D eigenvalue weighted by Gasteiger charge is -2.34. The number of hydrogen-bond acceptors (Lipinski definition) is 7. The lowest BCUT2D eigenvalue weighted by Crippen LogP contribution is -2.49. The first kappa shape index (κ1) is 34.8. The molecule has 0 amide bonds. The fourth-order valence-electron chi connectivity index (χ4n) is 4.53. The van der Waals surface area contributed by atoms with Crippen molar-refractivity contribution in [1.82, 2.24) is 9.71 Å². The molecule has 8 nitrogen and oxygen atoms in total. The van der Waals surface area contributed by atoms with Crippen molar-refractivity contribution in [3.05, 3.63) is 58.9 Å². The fourth-order valence-corrected chi connectivity index (χ4v) is 5.71. The van der Waals surface area contributed by atoms with Gasteiger partial charge >= 0.3 is 6.18 Å². The van der Waals surface area contributed by atoms with Gasteiger partial charge in [0.25, 0.3) is 0 Å². The molecule has 0 aliphatic carbocycles. The number of aromatic nitrogens is 1. The van der Waals surface area contributed by atoms with Gasteiger partial charge in [0.2, 0.25) is 5.60 Å². The van der Waals surface area contributed by atoms with E-state index in [1.807, 2.05) is 6.92 Å². The Hall–Kier alpha value is -2.67. The molecular weight excluding hydrogens is 609 g/mol. The Morgan fingerprint density at radius 2 is 1.98 bits per heavy atom. The molecule has 3 atom stereocenters. The maximum Gasteiger partial charge on any atom is 0.422 e. The quantitative estimate of drug-likeness (QED) is 0.136. The molecule has 0 bridgehead atoms. The maximum atomic E-state index is 14.6. The first-order valence-corrected chi connectivity index (χ1v) is 15.3. The van der Waals surface area contributed by atoms with Gasteiger partial charge in [0, 0.05) is 17.5 Å². The van der Waals surface area contributed by atoms with Crippen LogP contribution in [0.1, 0.15) is 81.4 Å². The van der Waals surface area contributed by atoms with E-state index in [4.69, 9.17) is 25.8 Å². The van der Waals surface area contributed by atoms with Crippen LogP contribution in [-0.2, 0) is 22.1 Å². The Morgan fingerprint density at radius 3 is 2.56 bits per heavy atom. The molecule has 0 saturated carbocycles. The van der Waals surface area contributed by atoms with Crippen LogP contribution in [-0.4, -0.2) is 51.3 Å². The summed E-state index contributed by atoms with van der Waals surface area (Å²) in [5.41, 5.74) is -5.26. The second-order valence-electron chi connectivity index (χ2n) is 11.4. The van der Waals surface area contributed by atoms with Gasteiger partial charge in [0.15, 0.2) is 28.2 Å². The molecule has 0 fully saturated rings. The zero-order valence-electron chi connectivity index (χ0n) is 24.9. The summed E-state index contributed by atoms with van der Waals surface area (Å²) < 4.78 is 75.8. The summed E-state index contributed by atoms with van der Waals surface area (Å²) in [4.78, 5) is 16.9. The SMILES string of the molecule is C=CCCC1(NS(=O)C(C)(C)C)COc2c1cc(C(O)(CCC(=O)c1ccc(OCCC)c(OC)c1)C(F)(F)F)nc2Cl. The van der Waals surface area contributed by atoms with Crippen LogP contribution in [0.3, 0.4) is 0 Å². The maximum absolute atomic E-state index is 14.6. The number of hydrogen-bond donors (Lipinski definition) is 2. The van der Waals surface area contributed by atoms with E-state index in [-0.39, 0.29) is 35.7 Å². The number of ketones is 1. The van der Waals surface area contributed by atoms with Gasteiger partial charge in [-0.2, -0.15) is 13.2 Å². The molecule has 3 rings (SSSR count). The molecule has 43 heavy (non-hydrogen) atoms. The first-order valence-electron chi connectivity index (χ1n) is 13.8. The van der Waals surface area contributed by atoms with Gasteiger partial charge in [-0.05, 0) is 70.7 Å². The molecule has 2 heterocycles. The van der Waals surface area contributed by atoms with Gasteiger partial charge in [-0.3, -0.25) is 4.79 Å². The summed E-state index contributed by atoms with van der Waals surface area (Å²) in [6.07, 6.45) is -3.87. The van der Waals surface area contributed by atoms with E-state index >= 15 is 0 Å². The average Bonchev–Trinajstić information content (AvgIpc) is 3.30. The summed E-state index contributed by atoms with van der Waals surface area (Å²) in [6.45, 7) is 11.2. The van der Waals surface area contributed by atoms with E-state index < -0.39 is 62.5 Å². The molecule has 1 aromatic heterocycles. The molecule has 2 N–H and O–H groups in total. The number of nitrogens with zero attached hydrogens (tertiary/aromatic N) is 1. The number of rotatable bonds is 14. The van der Waals surface area contributed by atoms with Gasteiger partial charge in [-0.1, -0.05) is 24.6 Å². The van der Waals surface area contributed by atoms with Gasteiger partial charge < -0.3 is 19.3 Å². The molecule has 0 saturated heterocycles. The summed E-state index contributed by atoms with van der Waals surface area (Å²) in [5, 5.41) is 10.8. The topological polar surface area (TPSA) is 107 Å².